The Kier molecular flexibility index (Phi) is 7.95. The molecule has 0 saturated carbocycles. The lowest BCUT2D eigenvalue weighted by atomic mass is 9.86. The highest BCUT2D eigenvalue weighted by molar-refractivity contribution is 5.78. The highest BCUT2D eigenvalue weighted by atomic mass is 16.4. The van der Waals surface area contributed by atoms with Gasteiger partial charge in [-0.25, -0.2) is 4.79 Å². The van der Waals surface area contributed by atoms with Crippen LogP contribution in [-0.4, -0.2) is 23.7 Å². The van der Waals surface area contributed by atoms with Crippen molar-refractivity contribution in [3.8, 4) is 0 Å². The summed E-state index contributed by atoms with van der Waals surface area (Å²) in [5, 5.41) is 9.71. The first-order valence-electron chi connectivity index (χ1n) is 10.8. The molecule has 1 aliphatic heterocycles. The predicted molar refractivity (Wildman–Crippen MR) is 116 cm³/mol. The number of benzene rings is 2. The van der Waals surface area contributed by atoms with Crippen LogP contribution in [0, 0.1) is 5.92 Å². The molecule has 1 saturated heterocycles. The first kappa shape index (κ1) is 20.4. The van der Waals surface area contributed by atoms with Crippen LogP contribution in [0.15, 0.2) is 60.7 Å². The summed E-state index contributed by atoms with van der Waals surface area (Å²) >= 11 is 0. The van der Waals surface area contributed by atoms with Gasteiger partial charge in [-0.2, -0.15) is 0 Å². The normalized spacial score (nSPS) is 19.5. The molecule has 0 bridgehead atoms. The number of rotatable bonds is 10. The first-order valence-corrected chi connectivity index (χ1v) is 10.8. The molecule has 3 rings (SSSR count). The Balaban J connectivity index is 1.34. The van der Waals surface area contributed by atoms with Crippen LogP contribution in [0.25, 0.3) is 0 Å². The number of para-hydroxylation sites is 1. The molecule has 1 aliphatic rings. The van der Waals surface area contributed by atoms with Gasteiger partial charge in [0.25, 0.3) is 0 Å². The molecule has 1 heterocycles. The summed E-state index contributed by atoms with van der Waals surface area (Å²) in [6.45, 7) is 0.850. The molecule has 0 spiro atoms. The fraction of sp³-hybridized carbons (Fsp3) is 0.480. The number of piperidine rings is 1. The van der Waals surface area contributed by atoms with Crippen molar-refractivity contribution in [1.82, 2.24) is 0 Å². The Morgan fingerprint density at radius 2 is 1.54 bits per heavy atom. The SMILES string of the molecule is O=C(O)[C@@H]1CC(CCCCCCCc2ccccc2)CCN1c1ccccc1. The maximum Gasteiger partial charge on any atom is 0.326 e. The fourth-order valence-corrected chi connectivity index (χ4v) is 4.40. The maximum atomic E-state index is 11.8. The highest BCUT2D eigenvalue weighted by Gasteiger charge is 2.33. The summed E-state index contributed by atoms with van der Waals surface area (Å²) in [4.78, 5) is 13.9. The minimum Gasteiger partial charge on any atom is -0.480 e. The van der Waals surface area contributed by atoms with E-state index in [1.54, 1.807) is 0 Å². The fourth-order valence-electron chi connectivity index (χ4n) is 4.40. The third-order valence-corrected chi connectivity index (χ3v) is 6.00. The second-order valence-electron chi connectivity index (χ2n) is 8.07. The summed E-state index contributed by atoms with van der Waals surface area (Å²) in [6, 6.07) is 20.3. The lowest BCUT2D eigenvalue weighted by Gasteiger charge is -2.38. The number of nitrogens with zero attached hydrogens (tertiary/aromatic N) is 1. The highest BCUT2D eigenvalue weighted by Crippen LogP contribution is 2.31. The maximum absolute atomic E-state index is 11.8. The molecule has 1 N–H and O–H groups in total. The van der Waals surface area contributed by atoms with Crippen molar-refractivity contribution < 1.29 is 9.90 Å². The number of carbonyl (C=O) groups is 1. The summed E-state index contributed by atoms with van der Waals surface area (Å²) in [7, 11) is 0. The predicted octanol–water partition coefficient (Wildman–Crippen LogP) is 5.94. The van der Waals surface area contributed by atoms with Crippen LogP contribution in [0.3, 0.4) is 0 Å². The van der Waals surface area contributed by atoms with Crippen molar-refractivity contribution in [2.75, 3.05) is 11.4 Å². The van der Waals surface area contributed by atoms with E-state index in [0.29, 0.717) is 5.92 Å². The molecular weight excluding hydrogens is 346 g/mol. The van der Waals surface area contributed by atoms with Crippen LogP contribution in [0.2, 0.25) is 0 Å². The Morgan fingerprint density at radius 1 is 0.893 bits per heavy atom. The van der Waals surface area contributed by atoms with Gasteiger partial charge < -0.3 is 10.0 Å². The lowest BCUT2D eigenvalue weighted by Crippen LogP contribution is -2.47. The second kappa shape index (κ2) is 10.9. The van der Waals surface area contributed by atoms with Crippen molar-refractivity contribution in [3.63, 3.8) is 0 Å². The summed E-state index contributed by atoms with van der Waals surface area (Å²) in [6.07, 6.45) is 10.6. The lowest BCUT2D eigenvalue weighted by molar-refractivity contribution is -0.139. The third kappa shape index (κ3) is 6.12. The van der Waals surface area contributed by atoms with Gasteiger partial charge in [0.1, 0.15) is 6.04 Å². The number of hydrogen-bond donors (Lipinski definition) is 1. The molecule has 2 aromatic rings. The molecule has 2 atom stereocenters. The van der Waals surface area contributed by atoms with E-state index < -0.39 is 5.97 Å². The first-order chi connectivity index (χ1) is 13.7. The summed E-state index contributed by atoms with van der Waals surface area (Å²) < 4.78 is 0. The molecule has 1 unspecified atom stereocenters. The van der Waals surface area contributed by atoms with Crippen LogP contribution in [0.4, 0.5) is 5.69 Å². The standard InChI is InChI=1S/C25H33NO2/c27-25(28)24-20-22(18-19-26(24)23-16-10-5-11-17-23)15-7-3-1-2-6-12-21-13-8-4-9-14-21/h4-5,8-11,13-14,16-17,22,24H,1-3,6-7,12,15,18-20H2,(H,27,28)/t22?,24-/m0/s1. The zero-order valence-electron chi connectivity index (χ0n) is 16.8. The van der Waals surface area contributed by atoms with Gasteiger partial charge in [-0.1, -0.05) is 80.6 Å². The van der Waals surface area contributed by atoms with Crippen molar-refractivity contribution in [3.05, 3.63) is 66.2 Å². The van der Waals surface area contributed by atoms with E-state index in [-0.39, 0.29) is 6.04 Å². The number of unbranched alkanes of at least 4 members (excludes halogenated alkanes) is 4. The van der Waals surface area contributed by atoms with Crippen LogP contribution in [-0.2, 0) is 11.2 Å². The van der Waals surface area contributed by atoms with E-state index in [1.165, 1.54) is 50.5 Å². The molecule has 150 valence electrons. The van der Waals surface area contributed by atoms with Crippen LogP contribution in [0.1, 0.15) is 56.9 Å². The minimum absolute atomic E-state index is 0.382. The summed E-state index contributed by atoms with van der Waals surface area (Å²) in [5.41, 5.74) is 2.47. The van der Waals surface area contributed by atoms with Gasteiger partial charge in [-0.3, -0.25) is 0 Å². The van der Waals surface area contributed by atoms with Gasteiger partial charge in [0, 0.05) is 12.2 Å². The quantitative estimate of drug-likeness (QED) is 0.519. The Labute approximate surface area is 169 Å². The molecule has 1 fully saturated rings. The molecule has 0 amide bonds. The van der Waals surface area contributed by atoms with Crippen molar-refractivity contribution in [2.45, 2.75) is 63.8 Å². The Hall–Kier alpha value is -2.29. The molecule has 3 nitrogen and oxygen atoms in total. The van der Waals surface area contributed by atoms with E-state index in [4.69, 9.17) is 0 Å². The molecule has 0 aromatic heterocycles. The molecule has 2 aromatic carbocycles. The van der Waals surface area contributed by atoms with Gasteiger partial charge in [0.2, 0.25) is 0 Å². The van der Waals surface area contributed by atoms with Crippen LogP contribution >= 0.6 is 0 Å². The summed E-state index contributed by atoms with van der Waals surface area (Å²) in [5.74, 6) is -0.139. The van der Waals surface area contributed by atoms with Crippen LogP contribution in [0.5, 0.6) is 0 Å². The molecule has 28 heavy (non-hydrogen) atoms. The molecule has 0 radical (unpaired) electrons. The monoisotopic (exact) mass is 379 g/mol. The van der Waals surface area contributed by atoms with E-state index >= 15 is 0 Å². The van der Waals surface area contributed by atoms with Crippen molar-refractivity contribution >= 4 is 11.7 Å². The van der Waals surface area contributed by atoms with E-state index in [1.807, 2.05) is 30.3 Å². The molecule has 3 heteroatoms. The van der Waals surface area contributed by atoms with Crippen molar-refractivity contribution in [2.24, 2.45) is 5.92 Å². The second-order valence-corrected chi connectivity index (χ2v) is 8.07. The zero-order valence-corrected chi connectivity index (χ0v) is 16.8. The van der Waals surface area contributed by atoms with Crippen molar-refractivity contribution in [1.29, 1.82) is 0 Å². The largest absolute Gasteiger partial charge is 0.480 e. The molecule has 0 aliphatic carbocycles. The number of anilines is 1. The number of carboxylic acids is 1. The number of aliphatic carboxylic acids is 1. The van der Waals surface area contributed by atoms with E-state index in [0.717, 1.165) is 25.1 Å². The number of carboxylic acid groups (broad SMARTS) is 1. The third-order valence-electron chi connectivity index (χ3n) is 6.00. The zero-order chi connectivity index (χ0) is 19.6. The van der Waals surface area contributed by atoms with E-state index in [9.17, 15) is 9.90 Å². The smallest absolute Gasteiger partial charge is 0.326 e. The number of aryl methyl sites for hydroxylation is 1. The average molecular weight is 380 g/mol. The van der Waals surface area contributed by atoms with Gasteiger partial charge in [-0.05, 0) is 49.3 Å². The Bertz CT molecular complexity index is 701. The van der Waals surface area contributed by atoms with Gasteiger partial charge in [-0.15, -0.1) is 0 Å². The van der Waals surface area contributed by atoms with Gasteiger partial charge >= 0.3 is 5.97 Å². The minimum atomic E-state index is -0.686. The van der Waals surface area contributed by atoms with Gasteiger partial charge in [0.15, 0.2) is 0 Å². The number of hydrogen-bond acceptors (Lipinski definition) is 2. The van der Waals surface area contributed by atoms with Gasteiger partial charge in [0.05, 0.1) is 0 Å². The van der Waals surface area contributed by atoms with Crippen LogP contribution < -0.4 is 4.90 Å². The topological polar surface area (TPSA) is 40.5 Å². The van der Waals surface area contributed by atoms with E-state index in [2.05, 4.69) is 35.2 Å². The average Bonchev–Trinajstić information content (AvgIpc) is 2.74. The Morgan fingerprint density at radius 3 is 2.25 bits per heavy atom. The molecular formula is C25H33NO2.